The van der Waals surface area contributed by atoms with Gasteiger partial charge in [-0.25, -0.2) is 0 Å². The summed E-state index contributed by atoms with van der Waals surface area (Å²) in [4.78, 5) is 23.1. The molecule has 0 aromatic carbocycles. The van der Waals surface area contributed by atoms with Crippen LogP contribution in [0.3, 0.4) is 0 Å². The van der Waals surface area contributed by atoms with Crippen LogP contribution in [0, 0.1) is 0 Å². The zero-order valence-corrected chi connectivity index (χ0v) is 15.5. The Hall–Kier alpha value is -0.400. The number of esters is 1. The predicted octanol–water partition coefficient (Wildman–Crippen LogP) is 2.90. The van der Waals surface area contributed by atoms with Gasteiger partial charge in [0.15, 0.2) is 0 Å². The molecule has 0 fully saturated rings. The van der Waals surface area contributed by atoms with Gasteiger partial charge in [-0.2, -0.15) is 25.3 Å². The first-order chi connectivity index (χ1) is 10.3. The molecule has 0 heterocycles. The highest BCUT2D eigenvalue weighted by molar-refractivity contribution is 8.00. The smallest absolute Gasteiger partial charge is 0.325 e. The van der Waals surface area contributed by atoms with E-state index in [1.54, 1.807) is 6.92 Å². The molecule has 2 atom stereocenters. The van der Waals surface area contributed by atoms with Crippen molar-refractivity contribution in [1.82, 2.24) is 5.32 Å². The van der Waals surface area contributed by atoms with Crippen LogP contribution in [0.25, 0.3) is 0 Å². The quantitative estimate of drug-likeness (QED) is 0.188. The second-order valence-corrected chi connectivity index (χ2v) is 7.40. The van der Waals surface area contributed by atoms with Crippen LogP contribution in [-0.2, 0) is 14.3 Å². The lowest BCUT2D eigenvalue weighted by Gasteiger charge is -2.32. The second kappa shape index (κ2) is 11.2. The van der Waals surface area contributed by atoms with E-state index in [9.17, 15) is 9.59 Å². The minimum Gasteiger partial charge on any atom is -0.480 e. The molecular weight excluding hydrogens is 322 g/mol. The van der Waals surface area contributed by atoms with Gasteiger partial charge in [-0.05, 0) is 20.3 Å². The topological polar surface area (TPSA) is 75.6 Å². The molecule has 5 nitrogen and oxygen atoms in total. The number of carbonyl (C=O) groups excluding carboxylic acids is 1. The molecule has 0 bridgehead atoms. The Morgan fingerprint density at radius 3 is 2.27 bits per heavy atom. The zero-order chi connectivity index (χ0) is 17.2. The molecule has 0 aliphatic rings. The van der Waals surface area contributed by atoms with E-state index in [1.807, 2.05) is 0 Å². The third-order valence-electron chi connectivity index (χ3n) is 3.42. The van der Waals surface area contributed by atoms with Crippen LogP contribution in [0.5, 0.6) is 0 Å². The van der Waals surface area contributed by atoms with Crippen LogP contribution in [0.4, 0.5) is 0 Å². The maximum Gasteiger partial charge on any atom is 0.325 e. The average Bonchev–Trinajstić information content (AvgIpc) is 2.43. The SMILES string of the molecule is CCCCCCCC(S)(S)[C@H](N[C@@H](C)C(=O)O)C(=O)OCC. The van der Waals surface area contributed by atoms with Crippen LogP contribution in [-0.4, -0.2) is 39.8 Å². The molecule has 22 heavy (non-hydrogen) atoms. The molecule has 0 saturated heterocycles. The summed E-state index contributed by atoms with van der Waals surface area (Å²) in [5.74, 6) is -1.55. The Morgan fingerprint density at radius 1 is 1.18 bits per heavy atom. The number of carboxylic acid groups (broad SMARTS) is 1. The van der Waals surface area contributed by atoms with Gasteiger partial charge in [0.25, 0.3) is 0 Å². The van der Waals surface area contributed by atoms with Crippen molar-refractivity contribution in [2.45, 2.75) is 75.5 Å². The first kappa shape index (κ1) is 21.6. The molecule has 0 aromatic rings. The maximum atomic E-state index is 12.1. The normalized spacial score (nSPS) is 14.4. The minimum atomic E-state index is -1.03. The number of ether oxygens (including phenoxy) is 1. The highest BCUT2D eigenvalue weighted by Crippen LogP contribution is 2.32. The standard InChI is InChI=1S/C15H29NO4S2/c1-4-6-7-8-9-10-15(21,22)12(14(19)20-5-2)16-11(3)13(17)18/h11-12,16,21-22H,4-10H2,1-3H3,(H,17,18)/t11-,12+/m0/s1. The summed E-state index contributed by atoms with van der Waals surface area (Å²) in [5, 5.41) is 11.8. The lowest BCUT2D eigenvalue weighted by molar-refractivity contribution is -0.147. The fraction of sp³-hybridized carbons (Fsp3) is 0.867. The van der Waals surface area contributed by atoms with Crippen molar-refractivity contribution in [3.63, 3.8) is 0 Å². The van der Waals surface area contributed by atoms with E-state index < -0.39 is 28.1 Å². The van der Waals surface area contributed by atoms with Crippen molar-refractivity contribution in [3.8, 4) is 0 Å². The van der Waals surface area contributed by atoms with Crippen LogP contribution in [0.1, 0.15) is 59.3 Å². The van der Waals surface area contributed by atoms with E-state index in [-0.39, 0.29) is 6.61 Å². The Morgan fingerprint density at radius 2 is 1.77 bits per heavy atom. The summed E-state index contributed by atoms with van der Waals surface area (Å²) in [6.45, 7) is 5.56. The molecule has 130 valence electrons. The number of nitrogens with one attached hydrogen (secondary N) is 1. The first-order valence-electron chi connectivity index (χ1n) is 7.86. The number of carboxylic acids is 1. The lowest BCUT2D eigenvalue weighted by Crippen LogP contribution is -2.55. The average molecular weight is 352 g/mol. The van der Waals surface area contributed by atoms with Crippen molar-refractivity contribution < 1.29 is 19.4 Å². The minimum absolute atomic E-state index is 0.229. The van der Waals surface area contributed by atoms with Gasteiger partial charge < -0.3 is 9.84 Å². The number of aliphatic carboxylic acids is 1. The van der Waals surface area contributed by atoms with Gasteiger partial charge in [0.1, 0.15) is 12.1 Å². The molecule has 0 saturated carbocycles. The van der Waals surface area contributed by atoms with E-state index in [0.29, 0.717) is 6.42 Å². The highest BCUT2D eigenvalue weighted by atomic mass is 32.2. The van der Waals surface area contributed by atoms with E-state index in [4.69, 9.17) is 9.84 Å². The van der Waals surface area contributed by atoms with Gasteiger partial charge >= 0.3 is 11.9 Å². The largest absolute Gasteiger partial charge is 0.480 e. The zero-order valence-electron chi connectivity index (χ0n) is 13.7. The first-order valence-corrected chi connectivity index (χ1v) is 8.75. The number of rotatable bonds is 12. The Bertz CT molecular complexity index is 350. The molecule has 0 radical (unpaired) electrons. The molecule has 0 aliphatic carbocycles. The van der Waals surface area contributed by atoms with Crippen molar-refractivity contribution in [2.24, 2.45) is 0 Å². The Labute approximate surface area is 144 Å². The van der Waals surface area contributed by atoms with Crippen molar-refractivity contribution >= 4 is 37.2 Å². The van der Waals surface area contributed by atoms with E-state index >= 15 is 0 Å². The monoisotopic (exact) mass is 351 g/mol. The van der Waals surface area contributed by atoms with Crippen molar-refractivity contribution in [1.29, 1.82) is 0 Å². The van der Waals surface area contributed by atoms with Crippen molar-refractivity contribution in [3.05, 3.63) is 0 Å². The number of carbonyl (C=O) groups is 2. The lowest BCUT2D eigenvalue weighted by atomic mass is 10.0. The van der Waals surface area contributed by atoms with Gasteiger partial charge in [0.2, 0.25) is 0 Å². The van der Waals surface area contributed by atoms with Crippen LogP contribution in [0.15, 0.2) is 0 Å². The van der Waals surface area contributed by atoms with Gasteiger partial charge in [-0.3, -0.25) is 14.9 Å². The Balaban J connectivity index is 4.73. The van der Waals surface area contributed by atoms with Gasteiger partial charge in [-0.1, -0.05) is 39.0 Å². The van der Waals surface area contributed by atoms with E-state index in [1.165, 1.54) is 13.3 Å². The highest BCUT2D eigenvalue weighted by Gasteiger charge is 2.39. The van der Waals surface area contributed by atoms with Crippen LogP contribution >= 0.6 is 25.3 Å². The molecule has 0 amide bonds. The summed E-state index contributed by atoms with van der Waals surface area (Å²) >= 11 is 8.98. The number of unbranched alkanes of at least 4 members (excludes halogenated alkanes) is 4. The molecule has 2 N–H and O–H groups in total. The number of hydrogen-bond donors (Lipinski definition) is 4. The predicted molar refractivity (Wildman–Crippen MR) is 94.7 cm³/mol. The Kier molecular flexibility index (Phi) is 11.0. The van der Waals surface area contributed by atoms with Crippen molar-refractivity contribution in [2.75, 3.05) is 6.61 Å². The van der Waals surface area contributed by atoms with Gasteiger partial charge in [0.05, 0.1) is 10.7 Å². The summed E-state index contributed by atoms with van der Waals surface area (Å²) in [6.07, 6.45) is 5.99. The number of hydrogen-bond acceptors (Lipinski definition) is 6. The molecule has 0 spiro atoms. The second-order valence-electron chi connectivity index (χ2n) is 5.45. The molecule has 0 aromatic heterocycles. The molecule has 0 unspecified atom stereocenters. The summed E-state index contributed by atoms with van der Waals surface area (Å²) in [7, 11) is 0. The van der Waals surface area contributed by atoms with E-state index in [2.05, 4.69) is 37.5 Å². The molecule has 0 aliphatic heterocycles. The third kappa shape index (κ3) is 8.29. The fourth-order valence-corrected chi connectivity index (χ4v) is 2.75. The van der Waals surface area contributed by atoms with Gasteiger partial charge in [-0.15, -0.1) is 0 Å². The number of thiol groups is 2. The summed E-state index contributed by atoms with van der Waals surface area (Å²) < 4.78 is 4.07. The van der Waals surface area contributed by atoms with Crippen LogP contribution in [0.2, 0.25) is 0 Å². The molecular formula is C15H29NO4S2. The van der Waals surface area contributed by atoms with Crippen LogP contribution < -0.4 is 5.32 Å². The third-order valence-corrected chi connectivity index (χ3v) is 4.38. The molecule has 7 heteroatoms. The van der Waals surface area contributed by atoms with E-state index in [0.717, 1.165) is 25.7 Å². The fourth-order valence-electron chi connectivity index (χ4n) is 2.07. The maximum absolute atomic E-state index is 12.1. The summed E-state index contributed by atoms with van der Waals surface area (Å²) in [6, 6.07) is -1.76. The van der Waals surface area contributed by atoms with Gasteiger partial charge in [0, 0.05) is 0 Å². The molecule has 0 rings (SSSR count). The summed E-state index contributed by atoms with van der Waals surface area (Å²) in [5.41, 5.74) is 0.